The zero-order valence-electron chi connectivity index (χ0n) is 14.9. The maximum absolute atomic E-state index is 11.1. The molecular formula is C22H20ClNO3. The molecule has 138 valence electrons. The van der Waals surface area contributed by atoms with E-state index in [-0.39, 0.29) is 5.56 Å². The van der Waals surface area contributed by atoms with Crippen LogP contribution in [0.4, 0.5) is 5.69 Å². The molecule has 4 nitrogen and oxygen atoms in total. The summed E-state index contributed by atoms with van der Waals surface area (Å²) in [5.74, 6) is -0.166. The Hall–Kier alpha value is -2.98. The molecule has 0 unspecified atom stereocenters. The highest BCUT2D eigenvalue weighted by Gasteiger charge is 2.06. The number of nitrogens with one attached hydrogen (secondary N) is 1. The Kier molecular flexibility index (Phi) is 5.99. The van der Waals surface area contributed by atoms with Gasteiger partial charge in [-0.15, -0.1) is 0 Å². The molecule has 5 heteroatoms. The van der Waals surface area contributed by atoms with Gasteiger partial charge in [-0.25, -0.2) is 4.79 Å². The summed E-state index contributed by atoms with van der Waals surface area (Å²) in [6, 6.07) is 20.4. The van der Waals surface area contributed by atoms with Crippen molar-refractivity contribution in [3.8, 4) is 5.75 Å². The van der Waals surface area contributed by atoms with Crippen LogP contribution in [0.5, 0.6) is 5.75 Å². The van der Waals surface area contributed by atoms with Gasteiger partial charge in [0, 0.05) is 22.8 Å². The lowest BCUT2D eigenvalue weighted by Gasteiger charge is -2.12. The first-order chi connectivity index (χ1) is 13.0. The minimum Gasteiger partial charge on any atom is -0.489 e. The molecule has 0 atom stereocenters. The maximum atomic E-state index is 11.1. The molecule has 0 saturated carbocycles. The highest BCUT2D eigenvalue weighted by molar-refractivity contribution is 6.31. The summed E-state index contributed by atoms with van der Waals surface area (Å²) in [4.78, 5) is 11.1. The third-order valence-electron chi connectivity index (χ3n) is 4.24. The van der Waals surface area contributed by atoms with Crippen LogP contribution in [0.3, 0.4) is 0 Å². The first-order valence-corrected chi connectivity index (χ1v) is 8.93. The van der Waals surface area contributed by atoms with Crippen molar-refractivity contribution in [2.45, 2.75) is 20.1 Å². The number of carboxylic acid groups (broad SMARTS) is 1. The van der Waals surface area contributed by atoms with Gasteiger partial charge in [0.15, 0.2) is 0 Å². The Bertz CT molecular complexity index is 939. The third-order valence-corrected chi connectivity index (χ3v) is 4.61. The molecule has 3 aromatic rings. The van der Waals surface area contributed by atoms with Crippen molar-refractivity contribution in [1.29, 1.82) is 0 Å². The molecule has 0 bridgehead atoms. The molecule has 0 saturated heterocycles. The van der Waals surface area contributed by atoms with Gasteiger partial charge in [-0.2, -0.15) is 0 Å². The van der Waals surface area contributed by atoms with Gasteiger partial charge in [0.2, 0.25) is 0 Å². The number of hydrogen-bond donors (Lipinski definition) is 2. The van der Waals surface area contributed by atoms with Gasteiger partial charge in [-0.05, 0) is 48.4 Å². The second-order valence-corrected chi connectivity index (χ2v) is 6.62. The Morgan fingerprint density at radius 1 is 1.07 bits per heavy atom. The maximum Gasteiger partial charge on any atom is 0.335 e. The average molecular weight is 382 g/mol. The SMILES string of the molecule is Cc1ccc(C(=O)O)cc1NCc1ccc(OCc2ccccc2Cl)cc1. The number of aromatic carboxylic acids is 1. The van der Waals surface area contributed by atoms with Crippen molar-refractivity contribution in [2.24, 2.45) is 0 Å². The predicted octanol–water partition coefficient (Wildman–Crippen LogP) is 5.54. The third kappa shape index (κ3) is 5.02. The molecule has 0 aliphatic carbocycles. The molecule has 0 fully saturated rings. The van der Waals surface area contributed by atoms with Crippen molar-refractivity contribution >= 4 is 23.3 Å². The van der Waals surface area contributed by atoms with Crippen LogP contribution < -0.4 is 10.1 Å². The van der Waals surface area contributed by atoms with Crippen molar-refractivity contribution in [1.82, 2.24) is 0 Å². The Labute approximate surface area is 163 Å². The van der Waals surface area contributed by atoms with Gasteiger partial charge in [0.25, 0.3) is 0 Å². The fourth-order valence-corrected chi connectivity index (χ4v) is 2.81. The number of rotatable bonds is 7. The van der Waals surface area contributed by atoms with Gasteiger partial charge in [0.05, 0.1) is 5.56 Å². The molecule has 0 radical (unpaired) electrons. The average Bonchev–Trinajstić information content (AvgIpc) is 2.67. The van der Waals surface area contributed by atoms with Crippen LogP contribution in [0, 0.1) is 6.92 Å². The van der Waals surface area contributed by atoms with Crippen LogP contribution in [0.25, 0.3) is 0 Å². The number of anilines is 1. The van der Waals surface area contributed by atoms with E-state index in [4.69, 9.17) is 21.4 Å². The van der Waals surface area contributed by atoms with E-state index < -0.39 is 5.97 Å². The number of carbonyl (C=O) groups is 1. The van der Waals surface area contributed by atoms with Crippen molar-refractivity contribution in [2.75, 3.05) is 5.32 Å². The van der Waals surface area contributed by atoms with E-state index in [0.29, 0.717) is 18.2 Å². The minimum atomic E-state index is -0.932. The molecule has 0 aromatic heterocycles. The lowest BCUT2D eigenvalue weighted by molar-refractivity contribution is 0.0697. The second-order valence-electron chi connectivity index (χ2n) is 6.21. The van der Waals surface area contributed by atoms with Crippen LogP contribution in [0.1, 0.15) is 27.0 Å². The van der Waals surface area contributed by atoms with Crippen molar-refractivity contribution < 1.29 is 14.6 Å². The molecule has 0 spiro atoms. The van der Waals surface area contributed by atoms with Gasteiger partial charge in [-0.3, -0.25) is 0 Å². The first-order valence-electron chi connectivity index (χ1n) is 8.56. The summed E-state index contributed by atoms with van der Waals surface area (Å²) in [5.41, 5.74) is 4.10. The van der Waals surface area contributed by atoms with E-state index in [1.165, 1.54) is 0 Å². The van der Waals surface area contributed by atoms with Crippen molar-refractivity contribution in [3.05, 3.63) is 94.0 Å². The molecule has 3 rings (SSSR count). The summed E-state index contributed by atoms with van der Waals surface area (Å²) in [6.45, 7) is 2.95. The number of benzene rings is 3. The lowest BCUT2D eigenvalue weighted by atomic mass is 10.1. The monoisotopic (exact) mass is 381 g/mol. The van der Waals surface area contributed by atoms with E-state index in [9.17, 15) is 4.79 Å². The predicted molar refractivity (Wildman–Crippen MR) is 108 cm³/mol. The fraction of sp³-hybridized carbons (Fsp3) is 0.136. The lowest BCUT2D eigenvalue weighted by Crippen LogP contribution is -2.04. The highest BCUT2D eigenvalue weighted by atomic mass is 35.5. The Morgan fingerprint density at radius 2 is 1.81 bits per heavy atom. The Balaban J connectivity index is 1.59. The number of halogens is 1. The summed E-state index contributed by atoms with van der Waals surface area (Å²) < 4.78 is 5.78. The molecule has 27 heavy (non-hydrogen) atoms. The normalized spacial score (nSPS) is 10.4. The Morgan fingerprint density at radius 3 is 2.52 bits per heavy atom. The number of carboxylic acids is 1. The summed E-state index contributed by atoms with van der Waals surface area (Å²) in [5, 5.41) is 13.1. The van der Waals surface area contributed by atoms with Crippen LogP contribution in [0.15, 0.2) is 66.7 Å². The van der Waals surface area contributed by atoms with Gasteiger partial charge in [-0.1, -0.05) is 48.0 Å². The molecule has 0 amide bonds. The summed E-state index contributed by atoms with van der Waals surface area (Å²) >= 11 is 6.13. The molecule has 0 heterocycles. The van der Waals surface area contributed by atoms with Crippen LogP contribution in [-0.2, 0) is 13.2 Å². The van der Waals surface area contributed by atoms with Crippen LogP contribution in [-0.4, -0.2) is 11.1 Å². The smallest absolute Gasteiger partial charge is 0.335 e. The second kappa shape index (κ2) is 8.60. The van der Waals surface area contributed by atoms with Gasteiger partial charge in [0.1, 0.15) is 12.4 Å². The van der Waals surface area contributed by atoms with Gasteiger partial charge < -0.3 is 15.2 Å². The van der Waals surface area contributed by atoms with E-state index in [1.807, 2.05) is 55.5 Å². The number of hydrogen-bond acceptors (Lipinski definition) is 3. The first kappa shape index (κ1) is 18.8. The van der Waals surface area contributed by atoms with Crippen molar-refractivity contribution in [3.63, 3.8) is 0 Å². The minimum absolute atomic E-state index is 0.270. The van der Waals surface area contributed by atoms with Gasteiger partial charge >= 0.3 is 5.97 Å². The van der Waals surface area contributed by atoms with E-state index in [2.05, 4.69) is 5.32 Å². The number of ether oxygens (including phenoxy) is 1. The zero-order valence-corrected chi connectivity index (χ0v) is 15.7. The molecule has 2 N–H and O–H groups in total. The number of aryl methyl sites for hydroxylation is 1. The standard InChI is InChI=1S/C22H20ClNO3/c1-15-6-9-17(22(25)26)12-21(15)24-13-16-7-10-19(11-8-16)27-14-18-4-2-3-5-20(18)23/h2-12,24H,13-14H2,1H3,(H,25,26). The molecule has 0 aliphatic rings. The topological polar surface area (TPSA) is 58.6 Å². The zero-order chi connectivity index (χ0) is 19.2. The molecule has 3 aromatic carbocycles. The fourth-order valence-electron chi connectivity index (χ4n) is 2.62. The summed E-state index contributed by atoms with van der Waals surface area (Å²) in [7, 11) is 0. The summed E-state index contributed by atoms with van der Waals surface area (Å²) in [6.07, 6.45) is 0. The quantitative estimate of drug-likeness (QED) is 0.564. The van der Waals surface area contributed by atoms with E-state index in [0.717, 1.165) is 28.1 Å². The van der Waals surface area contributed by atoms with Crippen LogP contribution in [0.2, 0.25) is 5.02 Å². The van der Waals surface area contributed by atoms with E-state index >= 15 is 0 Å². The van der Waals surface area contributed by atoms with Crippen LogP contribution >= 0.6 is 11.6 Å². The highest BCUT2D eigenvalue weighted by Crippen LogP contribution is 2.21. The molecular weight excluding hydrogens is 362 g/mol. The molecule has 0 aliphatic heterocycles. The largest absolute Gasteiger partial charge is 0.489 e. The van der Waals surface area contributed by atoms with E-state index in [1.54, 1.807) is 18.2 Å².